The maximum absolute atomic E-state index is 5.94. The van der Waals surface area contributed by atoms with Crippen molar-refractivity contribution >= 4 is 11.6 Å². The lowest BCUT2D eigenvalue weighted by Crippen LogP contribution is -2.32. The van der Waals surface area contributed by atoms with Crippen molar-refractivity contribution < 1.29 is 4.74 Å². The van der Waals surface area contributed by atoms with Gasteiger partial charge >= 0.3 is 0 Å². The lowest BCUT2D eigenvalue weighted by molar-refractivity contribution is 0.409. The fraction of sp³-hybridized carbons (Fsp3) is 0.500. The third-order valence-electron chi connectivity index (χ3n) is 2.28. The molecule has 0 saturated carbocycles. The maximum Gasteiger partial charge on any atom is 0.122 e. The van der Waals surface area contributed by atoms with Crippen LogP contribution in [0.2, 0.25) is 5.02 Å². The molecule has 0 fully saturated rings. The molecule has 0 amide bonds. The van der Waals surface area contributed by atoms with E-state index in [4.69, 9.17) is 22.1 Å². The highest BCUT2D eigenvalue weighted by Crippen LogP contribution is 2.22. The summed E-state index contributed by atoms with van der Waals surface area (Å²) in [6, 6.07) is 5.84. The number of ether oxygens (including phenoxy) is 1. The normalized spacial score (nSPS) is 12.5. The Bertz CT molecular complexity index is 329. The summed E-state index contributed by atoms with van der Waals surface area (Å²) in [6.07, 6.45) is 0.885. The van der Waals surface area contributed by atoms with Crippen LogP contribution in [0.4, 0.5) is 0 Å². The predicted octanol–water partition coefficient (Wildman–Crippen LogP) is 1.83. The molecule has 0 radical (unpaired) electrons. The Hall–Kier alpha value is -0.770. The molecular formula is C12H19ClN2O. The topological polar surface area (TPSA) is 47.3 Å². The Morgan fingerprint density at radius 1 is 1.50 bits per heavy atom. The average molecular weight is 243 g/mol. The fourth-order valence-corrected chi connectivity index (χ4v) is 1.69. The summed E-state index contributed by atoms with van der Waals surface area (Å²) in [5, 5.41) is 4.02. The Morgan fingerprint density at radius 2 is 2.25 bits per heavy atom. The molecule has 3 N–H and O–H groups in total. The van der Waals surface area contributed by atoms with Crippen LogP contribution in [-0.4, -0.2) is 26.2 Å². The summed E-state index contributed by atoms with van der Waals surface area (Å²) in [7, 11) is 1.67. The molecule has 1 aromatic rings. The molecule has 90 valence electrons. The zero-order valence-corrected chi connectivity index (χ0v) is 10.6. The molecule has 16 heavy (non-hydrogen) atoms. The second-order valence-electron chi connectivity index (χ2n) is 3.89. The Kier molecular flexibility index (Phi) is 5.60. The van der Waals surface area contributed by atoms with Crippen LogP contribution in [0.3, 0.4) is 0 Å². The van der Waals surface area contributed by atoms with Crippen molar-refractivity contribution in [2.75, 3.05) is 20.2 Å². The standard InChI is InChI=1S/C12H19ClN2O/c1-9(14)8-15-6-5-10-7-11(13)3-4-12(10)16-2/h3-4,7,9,15H,5-6,8,14H2,1-2H3. The first-order chi connectivity index (χ1) is 7.63. The van der Waals surface area contributed by atoms with E-state index in [1.807, 2.05) is 25.1 Å². The molecular weight excluding hydrogens is 224 g/mol. The number of hydrogen-bond acceptors (Lipinski definition) is 3. The van der Waals surface area contributed by atoms with Gasteiger partial charge in [0.05, 0.1) is 7.11 Å². The molecule has 4 heteroatoms. The highest BCUT2D eigenvalue weighted by atomic mass is 35.5. The van der Waals surface area contributed by atoms with Gasteiger partial charge < -0.3 is 15.8 Å². The van der Waals surface area contributed by atoms with Gasteiger partial charge in [0.2, 0.25) is 0 Å². The third kappa shape index (κ3) is 4.39. The molecule has 1 atom stereocenters. The van der Waals surface area contributed by atoms with Crippen molar-refractivity contribution in [3.8, 4) is 5.75 Å². The lowest BCUT2D eigenvalue weighted by Gasteiger charge is -2.10. The maximum atomic E-state index is 5.94. The van der Waals surface area contributed by atoms with Crippen molar-refractivity contribution in [1.29, 1.82) is 0 Å². The van der Waals surface area contributed by atoms with Crippen LogP contribution in [0.15, 0.2) is 18.2 Å². The average Bonchev–Trinajstić information content (AvgIpc) is 2.24. The van der Waals surface area contributed by atoms with E-state index in [0.717, 1.165) is 35.8 Å². The molecule has 0 aromatic heterocycles. The number of nitrogens with two attached hydrogens (primary N) is 1. The zero-order valence-electron chi connectivity index (χ0n) is 9.79. The molecule has 3 nitrogen and oxygen atoms in total. The van der Waals surface area contributed by atoms with E-state index in [9.17, 15) is 0 Å². The van der Waals surface area contributed by atoms with Gasteiger partial charge in [0.25, 0.3) is 0 Å². The van der Waals surface area contributed by atoms with Gasteiger partial charge in [-0.25, -0.2) is 0 Å². The number of methoxy groups -OCH3 is 1. The first kappa shape index (κ1) is 13.3. The molecule has 0 heterocycles. The zero-order chi connectivity index (χ0) is 12.0. The van der Waals surface area contributed by atoms with E-state index in [0.29, 0.717) is 0 Å². The van der Waals surface area contributed by atoms with E-state index >= 15 is 0 Å². The highest BCUT2D eigenvalue weighted by Gasteiger charge is 2.03. The van der Waals surface area contributed by atoms with E-state index < -0.39 is 0 Å². The minimum absolute atomic E-state index is 0.182. The van der Waals surface area contributed by atoms with Gasteiger partial charge in [-0.1, -0.05) is 11.6 Å². The number of halogens is 1. The van der Waals surface area contributed by atoms with Gasteiger partial charge in [-0.05, 0) is 43.7 Å². The SMILES string of the molecule is COc1ccc(Cl)cc1CCNCC(C)N. The van der Waals surface area contributed by atoms with Crippen LogP contribution in [0.25, 0.3) is 0 Å². The van der Waals surface area contributed by atoms with Crippen molar-refractivity contribution in [2.24, 2.45) is 5.73 Å². The monoisotopic (exact) mass is 242 g/mol. The molecule has 0 aliphatic carbocycles. The van der Waals surface area contributed by atoms with Gasteiger partial charge in [0, 0.05) is 17.6 Å². The first-order valence-corrected chi connectivity index (χ1v) is 5.80. The van der Waals surface area contributed by atoms with E-state index in [1.165, 1.54) is 0 Å². The summed E-state index contributed by atoms with van der Waals surface area (Å²) in [6.45, 7) is 3.67. The fourth-order valence-electron chi connectivity index (χ4n) is 1.50. The van der Waals surface area contributed by atoms with Crippen LogP contribution in [0.1, 0.15) is 12.5 Å². The second kappa shape index (κ2) is 6.74. The Morgan fingerprint density at radius 3 is 2.88 bits per heavy atom. The third-order valence-corrected chi connectivity index (χ3v) is 2.51. The van der Waals surface area contributed by atoms with E-state index in [-0.39, 0.29) is 6.04 Å². The molecule has 1 aromatic carbocycles. The molecule has 0 aliphatic heterocycles. The molecule has 1 rings (SSSR count). The van der Waals surface area contributed by atoms with Gasteiger partial charge in [0.1, 0.15) is 5.75 Å². The number of rotatable bonds is 6. The van der Waals surface area contributed by atoms with Crippen LogP contribution < -0.4 is 15.8 Å². The van der Waals surface area contributed by atoms with Crippen molar-refractivity contribution in [3.05, 3.63) is 28.8 Å². The first-order valence-electron chi connectivity index (χ1n) is 5.42. The van der Waals surface area contributed by atoms with Gasteiger partial charge in [-0.3, -0.25) is 0 Å². The number of benzene rings is 1. The summed E-state index contributed by atoms with van der Waals surface area (Å²) < 4.78 is 5.27. The predicted molar refractivity (Wildman–Crippen MR) is 68.2 cm³/mol. The van der Waals surface area contributed by atoms with Crippen LogP contribution >= 0.6 is 11.6 Å². The highest BCUT2D eigenvalue weighted by molar-refractivity contribution is 6.30. The summed E-state index contributed by atoms with van der Waals surface area (Å²) in [5.41, 5.74) is 6.76. The summed E-state index contributed by atoms with van der Waals surface area (Å²) in [4.78, 5) is 0. The Labute approximate surface area is 102 Å². The number of hydrogen-bond donors (Lipinski definition) is 2. The quantitative estimate of drug-likeness (QED) is 0.749. The molecule has 0 aliphatic rings. The summed E-state index contributed by atoms with van der Waals surface area (Å²) >= 11 is 5.94. The van der Waals surface area contributed by atoms with Gasteiger partial charge in [-0.15, -0.1) is 0 Å². The Balaban J connectivity index is 2.48. The minimum atomic E-state index is 0.182. The molecule has 0 saturated heterocycles. The second-order valence-corrected chi connectivity index (χ2v) is 4.32. The molecule has 0 spiro atoms. The van der Waals surface area contributed by atoms with Gasteiger partial charge in [-0.2, -0.15) is 0 Å². The van der Waals surface area contributed by atoms with Crippen molar-refractivity contribution in [1.82, 2.24) is 5.32 Å². The van der Waals surface area contributed by atoms with Crippen molar-refractivity contribution in [3.63, 3.8) is 0 Å². The molecule has 0 bridgehead atoms. The summed E-state index contributed by atoms with van der Waals surface area (Å²) in [5.74, 6) is 0.881. The molecule has 1 unspecified atom stereocenters. The largest absolute Gasteiger partial charge is 0.496 e. The van der Waals surface area contributed by atoms with Crippen LogP contribution in [0.5, 0.6) is 5.75 Å². The van der Waals surface area contributed by atoms with E-state index in [2.05, 4.69) is 5.32 Å². The van der Waals surface area contributed by atoms with E-state index in [1.54, 1.807) is 7.11 Å². The van der Waals surface area contributed by atoms with Crippen LogP contribution in [0, 0.1) is 0 Å². The van der Waals surface area contributed by atoms with Crippen molar-refractivity contribution in [2.45, 2.75) is 19.4 Å². The minimum Gasteiger partial charge on any atom is -0.496 e. The number of nitrogens with one attached hydrogen (secondary N) is 1. The lowest BCUT2D eigenvalue weighted by atomic mass is 10.1. The smallest absolute Gasteiger partial charge is 0.122 e. The van der Waals surface area contributed by atoms with Crippen LogP contribution in [-0.2, 0) is 6.42 Å². The van der Waals surface area contributed by atoms with Gasteiger partial charge in [0.15, 0.2) is 0 Å².